The van der Waals surface area contributed by atoms with Gasteiger partial charge in [-0.1, -0.05) is 23.2 Å². The molecular weight excluding hydrogens is 343 g/mol. The normalized spacial score (nSPS) is 10.0. The molecule has 0 aliphatic rings. The number of halogens is 2. The Morgan fingerprint density at radius 3 is 2.36 bits per heavy atom. The summed E-state index contributed by atoms with van der Waals surface area (Å²) in [6.45, 7) is 0. The van der Waals surface area contributed by atoms with Crippen LogP contribution in [0.3, 0.4) is 0 Å². The van der Waals surface area contributed by atoms with Crippen molar-refractivity contribution in [1.29, 1.82) is 0 Å². The molecule has 7 heteroatoms. The van der Waals surface area contributed by atoms with Crippen LogP contribution in [0.5, 0.6) is 11.5 Å². The standard InChI is InChI=1S/C15H14Cl2N2O2S/c1-20-10-4-6-13(14(8-10)21-2)19-15(22)18-9-3-5-11(16)12(17)7-9/h3-8H,1-2H3,(H2,18,19,22). The molecule has 0 unspecified atom stereocenters. The lowest BCUT2D eigenvalue weighted by molar-refractivity contribution is 0.395. The Kier molecular flexibility index (Phi) is 5.71. The maximum Gasteiger partial charge on any atom is 0.175 e. The minimum atomic E-state index is 0.404. The number of thiocarbonyl (C=S) groups is 1. The molecule has 0 spiro atoms. The minimum absolute atomic E-state index is 0.404. The van der Waals surface area contributed by atoms with Gasteiger partial charge in [-0.3, -0.25) is 0 Å². The lowest BCUT2D eigenvalue weighted by atomic mass is 10.2. The van der Waals surface area contributed by atoms with Gasteiger partial charge in [-0.2, -0.15) is 0 Å². The van der Waals surface area contributed by atoms with E-state index in [0.29, 0.717) is 26.7 Å². The molecule has 0 aliphatic carbocycles. The molecule has 22 heavy (non-hydrogen) atoms. The van der Waals surface area contributed by atoms with Gasteiger partial charge in [0.15, 0.2) is 5.11 Å². The summed E-state index contributed by atoms with van der Waals surface area (Å²) >= 11 is 17.1. The van der Waals surface area contributed by atoms with Gasteiger partial charge >= 0.3 is 0 Å². The maximum atomic E-state index is 5.97. The third kappa shape index (κ3) is 4.16. The highest BCUT2D eigenvalue weighted by Gasteiger charge is 2.07. The van der Waals surface area contributed by atoms with Gasteiger partial charge in [-0.05, 0) is 42.5 Å². The summed E-state index contributed by atoms with van der Waals surface area (Å²) in [5.41, 5.74) is 1.46. The quantitative estimate of drug-likeness (QED) is 0.768. The highest BCUT2D eigenvalue weighted by molar-refractivity contribution is 7.80. The number of methoxy groups -OCH3 is 2. The van der Waals surface area contributed by atoms with Gasteiger partial charge in [0, 0.05) is 11.8 Å². The van der Waals surface area contributed by atoms with E-state index >= 15 is 0 Å². The number of rotatable bonds is 4. The molecule has 0 atom stereocenters. The Bertz CT molecular complexity index is 695. The van der Waals surface area contributed by atoms with Gasteiger partial charge in [-0.15, -0.1) is 0 Å². The summed E-state index contributed by atoms with van der Waals surface area (Å²) < 4.78 is 10.5. The predicted octanol–water partition coefficient (Wildman–Crippen LogP) is 4.82. The predicted molar refractivity (Wildman–Crippen MR) is 95.9 cm³/mol. The molecule has 2 rings (SSSR count). The average molecular weight is 357 g/mol. The van der Waals surface area contributed by atoms with E-state index in [1.165, 1.54) is 0 Å². The van der Waals surface area contributed by atoms with Crippen molar-refractivity contribution in [2.75, 3.05) is 24.9 Å². The van der Waals surface area contributed by atoms with Gasteiger partial charge in [-0.25, -0.2) is 0 Å². The van der Waals surface area contributed by atoms with Crippen molar-refractivity contribution in [3.05, 3.63) is 46.4 Å². The Morgan fingerprint density at radius 2 is 1.73 bits per heavy atom. The van der Waals surface area contributed by atoms with Gasteiger partial charge in [0.25, 0.3) is 0 Å². The maximum absolute atomic E-state index is 5.97. The number of hydrogen-bond donors (Lipinski definition) is 2. The summed E-state index contributed by atoms with van der Waals surface area (Å²) in [5, 5.41) is 7.44. The molecule has 2 N–H and O–H groups in total. The van der Waals surface area contributed by atoms with Crippen molar-refractivity contribution >= 4 is 51.9 Å². The van der Waals surface area contributed by atoms with Crippen molar-refractivity contribution in [2.24, 2.45) is 0 Å². The second-order valence-electron chi connectivity index (χ2n) is 4.27. The fourth-order valence-electron chi connectivity index (χ4n) is 1.76. The van der Waals surface area contributed by atoms with Gasteiger partial charge in [0.05, 0.1) is 30.0 Å². The third-order valence-electron chi connectivity index (χ3n) is 2.83. The van der Waals surface area contributed by atoms with Crippen LogP contribution in [0, 0.1) is 0 Å². The van der Waals surface area contributed by atoms with Gasteiger partial charge in [0.2, 0.25) is 0 Å². The van der Waals surface area contributed by atoms with Crippen LogP contribution in [0.4, 0.5) is 11.4 Å². The van der Waals surface area contributed by atoms with Crippen molar-refractivity contribution in [1.82, 2.24) is 0 Å². The van der Waals surface area contributed by atoms with E-state index in [9.17, 15) is 0 Å². The van der Waals surface area contributed by atoms with E-state index in [-0.39, 0.29) is 0 Å². The second-order valence-corrected chi connectivity index (χ2v) is 5.50. The van der Waals surface area contributed by atoms with Gasteiger partial charge in [0.1, 0.15) is 11.5 Å². The Morgan fingerprint density at radius 1 is 0.955 bits per heavy atom. The van der Waals surface area contributed by atoms with Crippen LogP contribution in [0.2, 0.25) is 10.0 Å². The van der Waals surface area contributed by atoms with Crippen LogP contribution in [-0.4, -0.2) is 19.3 Å². The topological polar surface area (TPSA) is 42.5 Å². The fourth-order valence-corrected chi connectivity index (χ4v) is 2.29. The fraction of sp³-hybridized carbons (Fsp3) is 0.133. The number of ether oxygens (including phenoxy) is 2. The number of benzene rings is 2. The average Bonchev–Trinajstić information content (AvgIpc) is 2.51. The van der Waals surface area contributed by atoms with Crippen LogP contribution in [0.1, 0.15) is 0 Å². The molecule has 0 heterocycles. The molecule has 0 radical (unpaired) electrons. The first-order valence-corrected chi connectivity index (χ1v) is 7.45. The van der Waals surface area contributed by atoms with Crippen molar-refractivity contribution in [3.8, 4) is 11.5 Å². The molecular formula is C15H14Cl2N2O2S. The van der Waals surface area contributed by atoms with E-state index in [4.69, 9.17) is 44.9 Å². The summed E-state index contributed by atoms with van der Waals surface area (Å²) in [4.78, 5) is 0. The summed E-state index contributed by atoms with van der Waals surface area (Å²) in [5.74, 6) is 1.32. The Balaban J connectivity index is 2.10. The highest BCUT2D eigenvalue weighted by atomic mass is 35.5. The zero-order chi connectivity index (χ0) is 16.1. The summed E-state index contributed by atoms with van der Waals surface area (Å²) in [6, 6.07) is 10.6. The molecule has 2 aromatic rings. The van der Waals surface area contributed by atoms with Crippen molar-refractivity contribution < 1.29 is 9.47 Å². The molecule has 0 amide bonds. The van der Waals surface area contributed by atoms with Crippen LogP contribution in [-0.2, 0) is 0 Å². The first-order chi connectivity index (χ1) is 10.5. The lowest BCUT2D eigenvalue weighted by Gasteiger charge is -2.14. The molecule has 116 valence electrons. The minimum Gasteiger partial charge on any atom is -0.497 e. The van der Waals surface area contributed by atoms with E-state index in [1.807, 2.05) is 12.1 Å². The SMILES string of the molecule is COc1ccc(NC(=S)Nc2ccc(Cl)c(Cl)c2)c(OC)c1. The third-order valence-corrected chi connectivity index (χ3v) is 3.78. The zero-order valence-electron chi connectivity index (χ0n) is 11.9. The number of anilines is 2. The molecule has 0 saturated carbocycles. The van der Waals surface area contributed by atoms with Crippen LogP contribution in [0.25, 0.3) is 0 Å². The number of hydrogen-bond acceptors (Lipinski definition) is 3. The first kappa shape index (κ1) is 16.7. The molecule has 0 fully saturated rings. The smallest absolute Gasteiger partial charge is 0.175 e. The Hall–Kier alpha value is -1.69. The molecule has 0 bridgehead atoms. The Labute approximate surface area is 144 Å². The molecule has 0 saturated heterocycles. The zero-order valence-corrected chi connectivity index (χ0v) is 14.3. The van der Waals surface area contributed by atoms with E-state index in [0.717, 1.165) is 11.4 Å². The second kappa shape index (κ2) is 7.54. The van der Waals surface area contributed by atoms with Crippen LogP contribution >= 0.6 is 35.4 Å². The summed E-state index contributed by atoms with van der Waals surface area (Å²) in [7, 11) is 3.17. The molecule has 2 aromatic carbocycles. The van der Waals surface area contributed by atoms with Gasteiger partial charge < -0.3 is 20.1 Å². The molecule has 0 aliphatic heterocycles. The largest absolute Gasteiger partial charge is 0.497 e. The molecule has 4 nitrogen and oxygen atoms in total. The van der Waals surface area contributed by atoms with Crippen molar-refractivity contribution in [2.45, 2.75) is 0 Å². The first-order valence-electron chi connectivity index (χ1n) is 6.28. The van der Waals surface area contributed by atoms with Crippen LogP contribution < -0.4 is 20.1 Å². The van der Waals surface area contributed by atoms with Crippen LogP contribution in [0.15, 0.2) is 36.4 Å². The highest BCUT2D eigenvalue weighted by Crippen LogP contribution is 2.29. The van der Waals surface area contributed by atoms with E-state index in [1.54, 1.807) is 38.5 Å². The monoisotopic (exact) mass is 356 g/mol. The lowest BCUT2D eigenvalue weighted by Crippen LogP contribution is -2.19. The molecule has 0 aromatic heterocycles. The summed E-state index contributed by atoms with van der Waals surface area (Å²) in [6.07, 6.45) is 0. The van der Waals surface area contributed by atoms with E-state index in [2.05, 4.69) is 10.6 Å². The van der Waals surface area contributed by atoms with E-state index < -0.39 is 0 Å². The number of nitrogens with one attached hydrogen (secondary N) is 2. The van der Waals surface area contributed by atoms with Crippen molar-refractivity contribution in [3.63, 3.8) is 0 Å².